The molecule has 1 aromatic heterocycles. The number of Topliss-reactive ketones (excluding diaryl/α,β-unsaturated/α-hetero) is 1. The highest BCUT2D eigenvalue weighted by Gasteiger charge is 2.61. The molecule has 6 heteroatoms. The van der Waals surface area contributed by atoms with Gasteiger partial charge in [0, 0.05) is 11.3 Å². The predicted molar refractivity (Wildman–Crippen MR) is 98.9 cm³/mol. The number of allylic oxidation sites excluding steroid dienone is 1. The second-order valence-electron chi connectivity index (χ2n) is 6.96. The number of carbonyl (C=O) groups is 3. The summed E-state index contributed by atoms with van der Waals surface area (Å²) in [7, 11) is 0. The molecule has 0 spiro atoms. The first-order valence-corrected chi connectivity index (χ1v) is 9.44. The van der Waals surface area contributed by atoms with Gasteiger partial charge in [-0.2, -0.15) is 0 Å². The normalized spacial score (nSPS) is 29.0. The van der Waals surface area contributed by atoms with Crippen LogP contribution in [0.25, 0.3) is 5.57 Å². The molecule has 1 N–H and O–H groups in total. The third-order valence-corrected chi connectivity index (χ3v) is 6.51. The maximum atomic E-state index is 13.3. The van der Waals surface area contributed by atoms with Crippen molar-refractivity contribution >= 4 is 40.2 Å². The van der Waals surface area contributed by atoms with Crippen molar-refractivity contribution < 1.29 is 14.4 Å². The average molecular weight is 364 g/mol. The van der Waals surface area contributed by atoms with Crippen LogP contribution in [0.1, 0.15) is 22.2 Å². The fraction of sp³-hybridized carbons (Fsp3) is 0.250. The molecule has 26 heavy (non-hydrogen) atoms. The molecule has 2 aromatic rings. The van der Waals surface area contributed by atoms with Gasteiger partial charge in [-0.1, -0.05) is 30.3 Å². The summed E-state index contributed by atoms with van der Waals surface area (Å²) in [5.74, 6) is -1.89. The molecule has 5 rings (SSSR count). The van der Waals surface area contributed by atoms with E-state index in [2.05, 4.69) is 5.32 Å². The van der Waals surface area contributed by atoms with E-state index < -0.39 is 17.9 Å². The minimum Gasteiger partial charge on any atom is -0.352 e. The van der Waals surface area contributed by atoms with Gasteiger partial charge in [0.1, 0.15) is 6.04 Å². The lowest BCUT2D eigenvalue weighted by molar-refractivity contribution is -0.126. The summed E-state index contributed by atoms with van der Waals surface area (Å²) >= 11 is 1.37. The highest BCUT2D eigenvalue weighted by molar-refractivity contribution is 7.12. The van der Waals surface area contributed by atoms with Crippen molar-refractivity contribution in [2.75, 3.05) is 4.90 Å². The minimum absolute atomic E-state index is 0.0925. The van der Waals surface area contributed by atoms with Crippen LogP contribution in [0.5, 0.6) is 0 Å². The summed E-state index contributed by atoms with van der Waals surface area (Å²) in [5.41, 5.74) is 3.03. The first-order valence-electron chi connectivity index (χ1n) is 8.56. The van der Waals surface area contributed by atoms with E-state index in [1.807, 2.05) is 53.6 Å². The number of rotatable bonds is 2. The topological polar surface area (TPSA) is 66.5 Å². The molecule has 1 aromatic carbocycles. The van der Waals surface area contributed by atoms with E-state index >= 15 is 0 Å². The molecule has 2 amide bonds. The van der Waals surface area contributed by atoms with Gasteiger partial charge >= 0.3 is 0 Å². The van der Waals surface area contributed by atoms with Gasteiger partial charge in [-0.3, -0.25) is 19.7 Å². The SMILES string of the molecule is CC1=C[C@H]2[C@H]3C(=O)NC(=O)[C@@H]3[C@H](C(=O)c3cccs3)N2c2ccccc21. The molecule has 3 aliphatic rings. The van der Waals surface area contributed by atoms with E-state index in [0.717, 1.165) is 16.8 Å². The third-order valence-electron chi connectivity index (χ3n) is 5.63. The monoisotopic (exact) mass is 364 g/mol. The van der Waals surface area contributed by atoms with Crippen LogP contribution in [0, 0.1) is 11.8 Å². The summed E-state index contributed by atoms with van der Waals surface area (Å²) in [6.45, 7) is 2.01. The van der Waals surface area contributed by atoms with E-state index in [1.165, 1.54) is 11.3 Å². The molecular weight excluding hydrogens is 348 g/mol. The van der Waals surface area contributed by atoms with Gasteiger partial charge in [-0.25, -0.2) is 0 Å². The summed E-state index contributed by atoms with van der Waals surface area (Å²) in [6, 6.07) is 10.5. The Bertz CT molecular complexity index is 979. The van der Waals surface area contributed by atoms with Crippen LogP contribution in [0.2, 0.25) is 0 Å². The maximum Gasteiger partial charge on any atom is 0.233 e. The first kappa shape index (κ1) is 15.5. The van der Waals surface area contributed by atoms with Gasteiger partial charge in [0.15, 0.2) is 5.78 Å². The lowest BCUT2D eigenvalue weighted by Gasteiger charge is -2.37. The van der Waals surface area contributed by atoms with Crippen LogP contribution in [0.3, 0.4) is 0 Å². The first-order chi connectivity index (χ1) is 12.6. The van der Waals surface area contributed by atoms with E-state index in [4.69, 9.17) is 0 Å². The lowest BCUT2D eigenvalue weighted by Crippen LogP contribution is -2.48. The van der Waals surface area contributed by atoms with Crippen molar-refractivity contribution in [3.05, 3.63) is 58.3 Å². The Morgan fingerprint density at radius 2 is 1.85 bits per heavy atom. The largest absolute Gasteiger partial charge is 0.352 e. The van der Waals surface area contributed by atoms with E-state index in [-0.39, 0.29) is 23.6 Å². The second kappa shape index (κ2) is 5.38. The summed E-state index contributed by atoms with van der Waals surface area (Å²) in [5, 5.41) is 4.29. The Balaban J connectivity index is 1.71. The predicted octanol–water partition coefficient (Wildman–Crippen LogP) is 2.49. The van der Waals surface area contributed by atoms with Crippen molar-refractivity contribution in [2.45, 2.75) is 19.0 Å². The molecule has 5 nitrogen and oxygen atoms in total. The van der Waals surface area contributed by atoms with E-state index in [9.17, 15) is 14.4 Å². The van der Waals surface area contributed by atoms with Gasteiger partial charge in [-0.15, -0.1) is 11.3 Å². The minimum atomic E-state index is -0.666. The molecule has 4 heterocycles. The van der Waals surface area contributed by atoms with Crippen LogP contribution < -0.4 is 10.2 Å². The Kier molecular flexibility index (Phi) is 3.21. The zero-order valence-electron chi connectivity index (χ0n) is 14.0. The smallest absolute Gasteiger partial charge is 0.233 e. The van der Waals surface area contributed by atoms with Crippen molar-refractivity contribution in [1.82, 2.24) is 5.32 Å². The number of para-hydroxylation sites is 1. The number of carbonyl (C=O) groups excluding carboxylic acids is 3. The number of nitrogens with zero attached hydrogens (tertiary/aromatic N) is 1. The highest BCUT2D eigenvalue weighted by atomic mass is 32.1. The van der Waals surface area contributed by atoms with Gasteiger partial charge in [-0.05, 0) is 30.0 Å². The number of thiophene rings is 1. The van der Waals surface area contributed by atoms with Crippen LogP contribution in [-0.4, -0.2) is 29.7 Å². The van der Waals surface area contributed by atoms with Crippen LogP contribution in [-0.2, 0) is 9.59 Å². The molecule has 0 saturated carbocycles. The number of fused-ring (bicyclic) bond motifs is 5. The van der Waals surface area contributed by atoms with Crippen LogP contribution in [0.4, 0.5) is 5.69 Å². The molecule has 3 aliphatic heterocycles. The van der Waals surface area contributed by atoms with Gasteiger partial charge < -0.3 is 4.90 Å². The van der Waals surface area contributed by atoms with E-state index in [0.29, 0.717) is 4.88 Å². The number of benzene rings is 1. The number of imide groups is 1. The van der Waals surface area contributed by atoms with Gasteiger partial charge in [0.2, 0.25) is 11.8 Å². The highest BCUT2D eigenvalue weighted by Crippen LogP contribution is 2.48. The zero-order valence-corrected chi connectivity index (χ0v) is 14.8. The number of nitrogens with one attached hydrogen (secondary N) is 1. The molecule has 2 saturated heterocycles. The summed E-state index contributed by atoms with van der Waals surface area (Å²) in [4.78, 5) is 41.0. The number of hydrogen-bond acceptors (Lipinski definition) is 5. The maximum absolute atomic E-state index is 13.3. The molecule has 0 aliphatic carbocycles. The summed E-state index contributed by atoms with van der Waals surface area (Å²) < 4.78 is 0. The average Bonchev–Trinajstić information content (AvgIpc) is 3.33. The molecule has 0 radical (unpaired) electrons. The van der Waals surface area contributed by atoms with Gasteiger partial charge in [0.25, 0.3) is 0 Å². The van der Waals surface area contributed by atoms with Gasteiger partial charge in [0.05, 0.1) is 22.8 Å². The van der Waals surface area contributed by atoms with Crippen LogP contribution >= 0.6 is 11.3 Å². The molecule has 130 valence electrons. The number of hydrogen-bond donors (Lipinski definition) is 1. The molecule has 4 atom stereocenters. The standard InChI is InChI=1S/C20H16N2O3S/c1-10-9-13-15-16(20(25)21-19(15)24)17(18(23)14-7-4-8-26-14)22(13)12-6-3-2-5-11(10)12/h2-9,13,15-17H,1H3,(H,21,24,25)/t13-,15+,16-,17+/m0/s1. The summed E-state index contributed by atoms with van der Waals surface area (Å²) in [6.07, 6.45) is 2.03. The Morgan fingerprint density at radius 1 is 1.08 bits per heavy atom. The zero-order chi connectivity index (χ0) is 18.0. The fourth-order valence-electron chi connectivity index (χ4n) is 4.58. The fourth-order valence-corrected chi connectivity index (χ4v) is 5.28. The second-order valence-corrected chi connectivity index (χ2v) is 7.90. The molecular formula is C20H16N2O3S. The van der Waals surface area contributed by atoms with E-state index in [1.54, 1.807) is 6.07 Å². The number of anilines is 1. The van der Waals surface area contributed by atoms with Crippen molar-refractivity contribution in [3.63, 3.8) is 0 Å². The Labute approximate surface area is 154 Å². The Morgan fingerprint density at radius 3 is 2.62 bits per heavy atom. The lowest BCUT2D eigenvalue weighted by atomic mass is 9.86. The molecule has 0 unspecified atom stereocenters. The van der Waals surface area contributed by atoms with Crippen molar-refractivity contribution in [1.29, 1.82) is 0 Å². The van der Waals surface area contributed by atoms with Crippen LogP contribution in [0.15, 0.2) is 47.9 Å². The quantitative estimate of drug-likeness (QED) is 0.657. The molecule has 2 fully saturated rings. The number of amides is 2. The Hall–Kier alpha value is -2.73. The van der Waals surface area contributed by atoms with Crippen molar-refractivity contribution in [3.8, 4) is 0 Å². The number of ketones is 1. The third kappa shape index (κ3) is 1.93. The molecule has 0 bridgehead atoms. The van der Waals surface area contributed by atoms with Crippen molar-refractivity contribution in [2.24, 2.45) is 11.8 Å².